The summed E-state index contributed by atoms with van der Waals surface area (Å²) in [6, 6.07) is -0.400. The molecule has 0 aliphatic carbocycles. The van der Waals surface area contributed by atoms with Crippen LogP contribution in [-0.4, -0.2) is 18.5 Å². The molecule has 0 aromatic carbocycles. The fourth-order valence-corrected chi connectivity index (χ4v) is 2.08. The number of allylic oxidation sites excluding steroid dienone is 1. The molecule has 0 bridgehead atoms. The maximum absolute atomic E-state index is 11.8. The molecule has 4 nitrogen and oxygen atoms in total. The number of carbonyl (C=O) groups is 2. The standard InChI is InChI=1S/C11H18N2O2/c1-4-5-11(6-8(2)3)7-12-10(15)13-9(11)14/h4,8H,1,5-7H2,2-3H3,(H2,12,13,14,15). The first kappa shape index (κ1) is 11.8. The normalized spacial score (nSPS) is 26.1. The molecule has 0 aromatic rings. The highest BCUT2D eigenvalue weighted by Gasteiger charge is 2.41. The Kier molecular flexibility index (Phi) is 3.50. The maximum Gasteiger partial charge on any atom is 0.321 e. The van der Waals surface area contributed by atoms with E-state index in [2.05, 4.69) is 31.1 Å². The van der Waals surface area contributed by atoms with Crippen LogP contribution in [0.4, 0.5) is 4.79 Å². The van der Waals surface area contributed by atoms with Gasteiger partial charge in [-0.3, -0.25) is 10.1 Å². The van der Waals surface area contributed by atoms with Crippen LogP contribution < -0.4 is 10.6 Å². The van der Waals surface area contributed by atoms with E-state index in [1.807, 2.05) is 0 Å². The van der Waals surface area contributed by atoms with Crippen molar-refractivity contribution in [1.82, 2.24) is 10.6 Å². The lowest BCUT2D eigenvalue weighted by Crippen LogP contribution is -2.59. The number of carbonyl (C=O) groups excluding carboxylic acids is 2. The van der Waals surface area contributed by atoms with Gasteiger partial charge in [0.1, 0.15) is 0 Å². The number of hydrogen-bond donors (Lipinski definition) is 2. The van der Waals surface area contributed by atoms with Crippen molar-refractivity contribution >= 4 is 11.9 Å². The highest BCUT2D eigenvalue weighted by molar-refractivity contribution is 6.00. The zero-order valence-electron chi connectivity index (χ0n) is 9.30. The average Bonchev–Trinajstić information content (AvgIpc) is 2.11. The van der Waals surface area contributed by atoms with Gasteiger partial charge in [-0.1, -0.05) is 19.9 Å². The molecule has 15 heavy (non-hydrogen) atoms. The van der Waals surface area contributed by atoms with E-state index >= 15 is 0 Å². The lowest BCUT2D eigenvalue weighted by molar-refractivity contribution is -0.131. The van der Waals surface area contributed by atoms with Crippen LogP contribution in [-0.2, 0) is 4.79 Å². The molecule has 1 unspecified atom stereocenters. The molecule has 1 fully saturated rings. The molecule has 0 aromatic heterocycles. The van der Waals surface area contributed by atoms with E-state index in [9.17, 15) is 9.59 Å². The molecule has 1 saturated heterocycles. The predicted molar refractivity (Wildman–Crippen MR) is 58.2 cm³/mol. The van der Waals surface area contributed by atoms with Crippen LogP contribution in [0.3, 0.4) is 0 Å². The van der Waals surface area contributed by atoms with Crippen molar-refractivity contribution in [3.63, 3.8) is 0 Å². The van der Waals surface area contributed by atoms with E-state index in [1.165, 1.54) is 0 Å². The second-order valence-electron chi connectivity index (χ2n) is 4.51. The van der Waals surface area contributed by atoms with Crippen molar-refractivity contribution in [2.24, 2.45) is 11.3 Å². The molecule has 3 amide bonds. The summed E-state index contributed by atoms with van der Waals surface area (Å²) in [6.45, 7) is 8.20. The molecular formula is C11H18N2O2. The lowest BCUT2D eigenvalue weighted by Gasteiger charge is -2.36. The van der Waals surface area contributed by atoms with Gasteiger partial charge in [0.25, 0.3) is 0 Å². The Balaban J connectivity index is 2.84. The lowest BCUT2D eigenvalue weighted by atomic mass is 9.75. The molecule has 0 spiro atoms. The number of nitrogens with one attached hydrogen (secondary N) is 2. The first-order chi connectivity index (χ1) is 7.00. The van der Waals surface area contributed by atoms with Crippen LogP contribution in [0.2, 0.25) is 0 Å². The van der Waals surface area contributed by atoms with Gasteiger partial charge in [0, 0.05) is 6.54 Å². The fraction of sp³-hybridized carbons (Fsp3) is 0.636. The molecule has 4 heteroatoms. The van der Waals surface area contributed by atoms with E-state index in [0.29, 0.717) is 18.9 Å². The minimum absolute atomic E-state index is 0.181. The van der Waals surface area contributed by atoms with Crippen LogP contribution in [0.1, 0.15) is 26.7 Å². The largest absolute Gasteiger partial charge is 0.337 e. The molecule has 1 atom stereocenters. The second kappa shape index (κ2) is 4.47. The average molecular weight is 210 g/mol. The summed E-state index contributed by atoms with van der Waals surface area (Å²) in [7, 11) is 0. The molecule has 1 heterocycles. The van der Waals surface area contributed by atoms with Gasteiger partial charge in [0.05, 0.1) is 5.41 Å². The second-order valence-corrected chi connectivity index (χ2v) is 4.51. The first-order valence-corrected chi connectivity index (χ1v) is 5.20. The molecule has 0 saturated carbocycles. The number of rotatable bonds is 4. The maximum atomic E-state index is 11.8. The minimum atomic E-state index is -0.510. The summed E-state index contributed by atoms with van der Waals surface area (Å²) in [5, 5.41) is 5.00. The zero-order chi connectivity index (χ0) is 11.5. The predicted octanol–water partition coefficient (Wildman–Crippen LogP) is 1.43. The van der Waals surface area contributed by atoms with Gasteiger partial charge in [0.15, 0.2) is 0 Å². The summed E-state index contributed by atoms with van der Waals surface area (Å²) < 4.78 is 0. The topological polar surface area (TPSA) is 58.2 Å². The van der Waals surface area contributed by atoms with Gasteiger partial charge in [-0.15, -0.1) is 6.58 Å². The Labute approximate surface area is 90.1 Å². The molecule has 1 aliphatic rings. The van der Waals surface area contributed by atoms with Gasteiger partial charge >= 0.3 is 6.03 Å². The Morgan fingerprint density at radius 2 is 2.20 bits per heavy atom. The molecular weight excluding hydrogens is 192 g/mol. The summed E-state index contributed by atoms with van der Waals surface area (Å²) in [6.07, 6.45) is 3.09. The zero-order valence-corrected chi connectivity index (χ0v) is 9.30. The third-order valence-corrected chi connectivity index (χ3v) is 2.63. The third kappa shape index (κ3) is 2.58. The van der Waals surface area contributed by atoms with E-state index in [-0.39, 0.29) is 5.91 Å². The van der Waals surface area contributed by atoms with Gasteiger partial charge in [-0.2, -0.15) is 0 Å². The first-order valence-electron chi connectivity index (χ1n) is 5.20. The van der Waals surface area contributed by atoms with Gasteiger partial charge in [-0.25, -0.2) is 4.79 Å². The summed E-state index contributed by atoms with van der Waals surface area (Å²) in [5.74, 6) is 0.227. The third-order valence-electron chi connectivity index (χ3n) is 2.63. The summed E-state index contributed by atoms with van der Waals surface area (Å²) in [4.78, 5) is 22.8. The fourth-order valence-electron chi connectivity index (χ4n) is 2.08. The molecule has 1 rings (SSSR count). The van der Waals surface area contributed by atoms with Crippen LogP contribution in [0.15, 0.2) is 12.7 Å². The molecule has 2 N–H and O–H groups in total. The Hall–Kier alpha value is -1.32. The van der Waals surface area contributed by atoms with Crippen molar-refractivity contribution in [2.45, 2.75) is 26.7 Å². The van der Waals surface area contributed by atoms with Gasteiger partial charge < -0.3 is 5.32 Å². The number of hydrogen-bond acceptors (Lipinski definition) is 2. The highest BCUT2D eigenvalue weighted by Crippen LogP contribution is 2.32. The molecule has 84 valence electrons. The quantitative estimate of drug-likeness (QED) is 0.690. The smallest absolute Gasteiger partial charge is 0.321 e. The van der Waals surface area contributed by atoms with Crippen molar-refractivity contribution in [3.05, 3.63) is 12.7 Å². The van der Waals surface area contributed by atoms with Crippen molar-refractivity contribution in [3.8, 4) is 0 Å². The number of amides is 3. The number of imide groups is 1. The van der Waals surface area contributed by atoms with Crippen LogP contribution in [0.25, 0.3) is 0 Å². The van der Waals surface area contributed by atoms with E-state index < -0.39 is 11.4 Å². The van der Waals surface area contributed by atoms with Crippen LogP contribution >= 0.6 is 0 Å². The Morgan fingerprint density at radius 1 is 1.53 bits per heavy atom. The highest BCUT2D eigenvalue weighted by atomic mass is 16.2. The summed E-state index contributed by atoms with van der Waals surface area (Å²) in [5.41, 5.74) is -0.510. The van der Waals surface area contributed by atoms with E-state index in [1.54, 1.807) is 6.08 Å². The summed E-state index contributed by atoms with van der Waals surface area (Å²) >= 11 is 0. The van der Waals surface area contributed by atoms with E-state index in [0.717, 1.165) is 6.42 Å². The van der Waals surface area contributed by atoms with Crippen LogP contribution in [0, 0.1) is 11.3 Å². The van der Waals surface area contributed by atoms with Gasteiger partial charge in [-0.05, 0) is 18.8 Å². The Morgan fingerprint density at radius 3 is 2.67 bits per heavy atom. The number of urea groups is 1. The van der Waals surface area contributed by atoms with Crippen molar-refractivity contribution in [1.29, 1.82) is 0 Å². The van der Waals surface area contributed by atoms with Gasteiger partial charge in [0.2, 0.25) is 5.91 Å². The van der Waals surface area contributed by atoms with Crippen molar-refractivity contribution < 1.29 is 9.59 Å². The molecule has 1 aliphatic heterocycles. The van der Waals surface area contributed by atoms with Crippen LogP contribution in [0.5, 0.6) is 0 Å². The monoisotopic (exact) mass is 210 g/mol. The minimum Gasteiger partial charge on any atom is -0.337 e. The Bertz CT molecular complexity index is 286. The molecule has 0 radical (unpaired) electrons. The van der Waals surface area contributed by atoms with E-state index in [4.69, 9.17) is 0 Å². The SMILES string of the molecule is C=CCC1(CC(C)C)CNC(=O)NC1=O. The van der Waals surface area contributed by atoms with Crippen molar-refractivity contribution in [2.75, 3.05) is 6.54 Å².